The van der Waals surface area contributed by atoms with E-state index in [0.717, 1.165) is 17.8 Å². The molecule has 0 amide bonds. The first-order valence-electron chi connectivity index (χ1n) is 6.91. The average molecular weight is 309 g/mol. The molecule has 0 aliphatic rings. The first-order chi connectivity index (χ1) is 10.7. The summed E-state index contributed by atoms with van der Waals surface area (Å²) < 4.78 is 1.86. The Morgan fingerprint density at radius 2 is 2.14 bits per heavy atom. The highest BCUT2D eigenvalue weighted by Gasteiger charge is 2.08. The van der Waals surface area contributed by atoms with E-state index in [0.29, 0.717) is 4.88 Å². The zero-order valence-electron chi connectivity index (χ0n) is 12.1. The summed E-state index contributed by atoms with van der Waals surface area (Å²) >= 11 is 1.37. The van der Waals surface area contributed by atoms with Crippen LogP contribution in [0.1, 0.15) is 26.5 Å². The van der Waals surface area contributed by atoms with Crippen LogP contribution in [0.25, 0.3) is 6.08 Å². The number of thiazole rings is 1. The summed E-state index contributed by atoms with van der Waals surface area (Å²) in [6.07, 6.45) is 7.04. The number of hydrogen-bond acceptors (Lipinski definition) is 4. The van der Waals surface area contributed by atoms with Gasteiger partial charge in [0, 0.05) is 11.8 Å². The predicted octanol–water partition coefficient (Wildman–Crippen LogP) is 3.59. The summed E-state index contributed by atoms with van der Waals surface area (Å²) in [5.41, 5.74) is 4.57. The van der Waals surface area contributed by atoms with Crippen LogP contribution in [0.3, 0.4) is 0 Å². The lowest BCUT2D eigenvalue weighted by Crippen LogP contribution is -1.99. The van der Waals surface area contributed by atoms with Crippen molar-refractivity contribution < 1.29 is 4.79 Å². The minimum absolute atomic E-state index is 0.0178. The molecule has 0 spiro atoms. The third-order valence-electron chi connectivity index (χ3n) is 3.24. The van der Waals surface area contributed by atoms with Crippen LogP contribution in [0.4, 0.5) is 0 Å². The molecule has 1 aromatic carbocycles. The van der Waals surface area contributed by atoms with E-state index in [2.05, 4.69) is 22.2 Å². The molecule has 0 atom stereocenters. The lowest BCUT2D eigenvalue weighted by molar-refractivity contribution is 0.105. The largest absolute Gasteiger partial charge is 0.288 e. The molecule has 2 heterocycles. The van der Waals surface area contributed by atoms with Crippen LogP contribution in [0.2, 0.25) is 0 Å². The van der Waals surface area contributed by atoms with Crippen LogP contribution in [-0.4, -0.2) is 20.5 Å². The van der Waals surface area contributed by atoms with Crippen molar-refractivity contribution in [3.05, 3.63) is 76.0 Å². The van der Waals surface area contributed by atoms with Crippen molar-refractivity contribution in [2.75, 3.05) is 0 Å². The highest BCUT2D eigenvalue weighted by atomic mass is 32.1. The molecule has 0 bridgehead atoms. The van der Waals surface area contributed by atoms with Gasteiger partial charge in [0.2, 0.25) is 0 Å². The number of ketones is 1. The molecule has 4 nitrogen and oxygen atoms in total. The monoisotopic (exact) mass is 309 g/mol. The summed E-state index contributed by atoms with van der Waals surface area (Å²) in [5.74, 6) is -0.0178. The Bertz CT molecular complexity index is 802. The van der Waals surface area contributed by atoms with Crippen molar-refractivity contribution in [3.63, 3.8) is 0 Å². The smallest absolute Gasteiger partial charge is 0.197 e. The summed E-state index contributed by atoms with van der Waals surface area (Å²) in [6.45, 7) is 2.56. The van der Waals surface area contributed by atoms with Crippen LogP contribution in [0.5, 0.6) is 0 Å². The highest BCUT2D eigenvalue weighted by molar-refractivity contribution is 7.12. The Balaban J connectivity index is 1.68. The average Bonchev–Trinajstić information content (AvgIpc) is 3.15. The predicted molar refractivity (Wildman–Crippen MR) is 88.0 cm³/mol. The van der Waals surface area contributed by atoms with Gasteiger partial charge in [-0.25, -0.2) is 4.98 Å². The number of carbonyl (C=O) groups excluding carboxylic acids is 1. The van der Waals surface area contributed by atoms with E-state index < -0.39 is 0 Å². The Morgan fingerprint density at radius 1 is 1.32 bits per heavy atom. The van der Waals surface area contributed by atoms with Crippen molar-refractivity contribution in [1.29, 1.82) is 0 Å². The van der Waals surface area contributed by atoms with Crippen LogP contribution >= 0.6 is 11.3 Å². The molecule has 3 aromatic rings. The summed E-state index contributed by atoms with van der Waals surface area (Å²) in [4.78, 5) is 16.8. The molecule has 0 saturated heterocycles. The minimum atomic E-state index is -0.0178. The van der Waals surface area contributed by atoms with Crippen LogP contribution in [0, 0.1) is 6.92 Å². The van der Waals surface area contributed by atoms with Crippen molar-refractivity contribution in [1.82, 2.24) is 14.8 Å². The Kier molecular flexibility index (Phi) is 4.25. The fraction of sp³-hybridized carbons (Fsp3) is 0.118. The summed E-state index contributed by atoms with van der Waals surface area (Å²) in [5, 5.41) is 4.31. The lowest BCUT2D eigenvalue weighted by Gasteiger charge is -2.00. The van der Waals surface area contributed by atoms with E-state index in [9.17, 15) is 4.79 Å². The molecule has 0 radical (unpaired) electrons. The Labute approximate surface area is 132 Å². The van der Waals surface area contributed by atoms with E-state index >= 15 is 0 Å². The second-order valence-corrected chi connectivity index (χ2v) is 5.78. The fourth-order valence-electron chi connectivity index (χ4n) is 2.11. The molecule has 0 aliphatic carbocycles. The number of aromatic nitrogens is 3. The van der Waals surface area contributed by atoms with Crippen molar-refractivity contribution in [3.8, 4) is 0 Å². The van der Waals surface area contributed by atoms with Gasteiger partial charge in [-0.1, -0.05) is 30.3 Å². The van der Waals surface area contributed by atoms with Crippen LogP contribution in [0.15, 0.2) is 54.3 Å². The van der Waals surface area contributed by atoms with Gasteiger partial charge in [0.05, 0.1) is 28.8 Å². The maximum Gasteiger partial charge on any atom is 0.197 e. The zero-order valence-corrected chi connectivity index (χ0v) is 13.0. The maximum atomic E-state index is 12.1. The molecule has 2 aromatic heterocycles. The number of benzene rings is 1. The number of rotatable bonds is 5. The van der Waals surface area contributed by atoms with Crippen molar-refractivity contribution in [2.24, 2.45) is 0 Å². The normalized spacial score (nSPS) is 11.1. The van der Waals surface area contributed by atoms with E-state index in [1.54, 1.807) is 23.9 Å². The Hall–Kier alpha value is -2.53. The SMILES string of the molecule is Cc1ncsc1C(=O)/C=C/c1cnn(Cc2ccccc2)c1. The first kappa shape index (κ1) is 14.4. The quantitative estimate of drug-likeness (QED) is 0.534. The summed E-state index contributed by atoms with van der Waals surface area (Å²) in [6, 6.07) is 10.1. The minimum Gasteiger partial charge on any atom is -0.288 e. The highest BCUT2D eigenvalue weighted by Crippen LogP contribution is 2.14. The zero-order chi connectivity index (χ0) is 15.4. The van der Waals surface area contributed by atoms with Gasteiger partial charge in [0.25, 0.3) is 0 Å². The second-order valence-electron chi connectivity index (χ2n) is 4.92. The molecule has 3 rings (SSSR count). The molecule has 22 heavy (non-hydrogen) atoms. The molecule has 0 saturated carbocycles. The standard InChI is InChI=1S/C17H15N3OS/c1-13-17(22-12-18-13)16(21)8-7-15-9-19-20(11-15)10-14-5-3-2-4-6-14/h2-9,11-12H,10H2,1H3/b8-7+. The second kappa shape index (κ2) is 6.49. The van der Waals surface area contributed by atoms with Crippen LogP contribution < -0.4 is 0 Å². The molecule has 5 heteroatoms. The van der Waals surface area contributed by atoms with Gasteiger partial charge in [-0.3, -0.25) is 9.48 Å². The molecule has 0 fully saturated rings. The van der Waals surface area contributed by atoms with Gasteiger partial charge < -0.3 is 0 Å². The molecular weight excluding hydrogens is 294 g/mol. The van der Waals surface area contributed by atoms with Gasteiger partial charge in [0.15, 0.2) is 5.78 Å². The van der Waals surface area contributed by atoms with Gasteiger partial charge in [-0.2, -0.15) is 5.10 Å². The number of carbonyl (C=O) groups is 1. The maximum absolute atomic E-state index is 12.1. The van der Waals surface area contributed by atoms with E-state index in [-0.39, 0.29) is 5.78 Å². The number of allylic oxidation sites excluding steroid dienone is 1. The van der Waals surface area contributed by atoms with Crippen molar-refractivity contribution >= 4 is 23.2 Å². The molecule has 0 aliphatic heterocycles. The third-order valence-corrected chi connectivity index (χ3v) is 4.18. The lowest BCUT2D eigenvalue weighted by atomic mass is 10.2. The van der Waals surface area contributed by atoms with Gasteiger partial charge in [-0.05, 0) is 24.6 Å². The molecule has 0 unspecified atom stereocenters. The molecule has 0 N–H and O–H groups in total. The fourth-order valence-corrected chi connectivity index (χ4v) is 2.83. The third kappa shape index (κ3) is 3.38. The van der Waals surface area contributed by atoms with Crippen molar-refractivity contribution in [2.45, 2.75) is 13.5 Å². The molecule has 110 valence electrons. The molecular formula is C17H15N3OS. The van der Waals surface area contributed by atoms with E-state index in [1.165, 1.54) is 16.9 Å². The van der Waals surface area contributed by atoms with Crippen LogP contribution in [-0.2, 0) is 6.54 Å². The van der Waals surface area contributed by atoms with Gasteiger partial charge in [-0.15, -0.1) is 11.3 Å². The van der Waals surface area contributed by atoms with Gasteiger partial charge in [0.1, 0.15) is 0 Å². The number of aryl methyl sites for hydroxylation is 1. The van der Waals surface area contributed by atoms with E-state index in [4.69, 9.17) is 0 Å². The first-order valence-corrected chi connectivity index (χ1v) is 7.79. The topological polar surface area (TPSA) is 47.8 Å². The summed E-state index contributed by atoms with van der Waals surface area (Å²) in [7, 11) is 0. The Morgan fingerprint density at radius 3 is 2.86 bits per heavy atom. The number of hydrogen-bond donors (Lipinski definition) is 0. The van der Waals surface area contributed by atoms with Gasteiger partial charge >= 0.3 is 0 Å². The van der Waals surface area contributed by atoms with E-state index in [1.807, 2.05) is 36.0 Å². The number of nitrogens with zero attached hydrogens (tertiary/aromatic N) is 3.